The second-order valence-corrected chi connectivity index (χ2v) is 6.95. The molecular weight excluding hydrogens is 288 g/mol. The highest BCUT2D eigenvalue weighted by Crippen LogP contribution is 2.33. The Kier molecular flexibility index (Phi) is 5.68. The Labute approximate surface area is 139 Å². The Bertz CT molecular complexity index is 522. The lowest BCUT2D eigenvalue weighted by atomic mass is 10.1. The van der Waals surface area contributed by atoms with E-state index in [1.165, 1.54) is 31.2 Å². The average molecular weight is 316 g/mol. The first-order chi connectivity index (χ1) is 11.3. The highest BCUT2D eigenvalue weighted by atomic mass is 16.5. The predicted octanol–water partition coefficient (Wildman–Crippen LogP) is 3.33. The first kappa shape index (κ1) is 16.5. The van der Waals surface area contributed by atoms with Crippen molar-refractivity contribution in [2.75, 3.05) is 19.0 Å². The molecule has 2 aliphatic carbocycles. The van der Waals surface area contributed by atoms with Crippen LogP contribution < -0.4 is 10.6 Å². The smallest absolute Gasteiger partial charge is 0.227 e. The lowest BCUT2D eigenvalue weighted by Crippen LogP contribution is -2.34. The highest BCUT2D eigenvalue weighted by Gasteiger charge is 2.30. The Morgan fingerprint density at radius 3 is 2.74 bits per heavy atom. The fraction of sp³-hybridized carbons (Fsp3) is 0.632. The van der Waals surface area contributed by atoms with Crippen LogP contribution in [0.1, 0.15) is 44.1 Å². The normalized spacial score (nSPS) is 19.7. The molecule has 4 nitrogen and oxygen atoms in total. The van der Waals surface area contributed by atoms with Crippen molar-refractivity contribution in [3.05, 3.63) is 29.8 Å². The zero-order valence-corrected chi connectivity index (χ0v) is 14.0. The van der Waals surface area contributed by atoms with Crippen molar-refractivity contribution in [1.82, 2.24) is 5.32 Å². The lowest BCUT2D eigenvalue weighted by molar-refractivity contribution is -0.119. The van der Waals surface area contributed by atoms with E-state index in [0.29, 0.717) is 6.04 Å². The number of ether oxygens (including phenoxy) is 1. The van der Waals surface area contributed by atoms with Crippen molar-refractivity contribution in [2.45, 2.75) is 51.1 Å². The van der Waals surface area contributed by atoms with E-state index >= 15 is 0 Å². The van der Waals surface area contributed by atoms with Gasteiger partial charge in [-0.2, -0.15) is 0 Å². The van der Waals surface area contributed by atoms with Crippen LogP contribution in [-0.4, -0.2) is 25.7 Å². The van der Waals surface area contributed by atoms with Gasteiger partial charge in [0, 0.05) is 31.3 Å². The van der Waals surface area contributed by atoms with Crippen LogP contribution in [0.3, 0.4) is 0 Å². The van der Waals surface area contributed by atoms with Crippen LogP contribution in [0.25, 0.3) is 0 Å². The lowest BCUT2D eigenvalue weighted by Gasteiger charge is -2.18. The molecule has 1 aromatic rings. The van der Waals surface area contributed by atoms with Gasteiger partial charge in [0.1, 0.15) is 0 Å². The molecule has 0 aromatic heterocycles. The number of hydrogen-bond donors (Lipinski definition) is 2. The van der Waals surface area contributed by atoms with E-state index in [9.17, 15) is 4.79 Å². The maximum atomic E-state index is 12.2. The molecule has 0 radical (unpaired) electrons. The SMILES string of the molecule is COCC(NCc1cccc(NC(=O)C2CCCC2)c1)C1CC1. The molecule has 2 aliphatic rings. The molecule has 3 rings (SSSR count). The molecule has 0 heterocycles. The summed E-state index contributed by atoms with van der Waals surface area (Å²) in [6.07, 6.45) is 7.05. The summed E-state index contributed by atoms with van der Waals surface area (Å²) in [5.41, 5.74) is 2.12. The number of carbonyl (C=O) groups excluding carboxylic acids is 1. The molecule has 4 heteroatoms. The van der Waals surface area contributed by atoms with Crippen LogP contribution in [0.15, 0.2) is 24.3 Å². The zero-order chi connectivity index (χ0) is 16.1. The quantitative estimate of drug-likeness (QED) is 0.773. The van der Waals surface area contributed by atoms with E-state index in [0.717, 1.165) is 37.6 Å². The molecule has 0 spiro atoms. The summed E-state index contributed by atoms with van der Waals surface area (Å²) in [6, 6.07) is 8.62. The summed E-state index contributed by atoms with van der Waals surface area (Å²) in [5, 5.41) is 6.68. The minimum Gasteiger partial charge on any atom is -0.383 e. The molecule has 0 saturated heterocycles. The standard InChI is InChI=1S/C19H28N2O2/c1-23-13-18(15-9-10-15)20-12-14-5-4-8-17(11-14)21-19(22)16-6-2-3-7-16/h4-5,8,11,15-16,18,20H,2-3,6-7,9-10,12-13H2,1H3,(H,21,22). The van der Waals surface area contributed by atoms with Gasteiger partial charge in [0.15, 0.2) is 0 Å². The summed E-state index contributed by atoms with van der Waals surface area (Å²) < 4.78 is 5.31. The summed E-state index contributed by atoms with van der Waals surface area (Å²) in [6.45, 7) is 1.58. The number of anilines is 1. The number of hydrogen-bond acceptors (Lipinski definition) is 3. The highest BCUT2D eigenvalue weighted by molar-refractivity contribution is 5.92. The average Bonchev–Trinajstić information content (AvgIpc) is 3.25. The summed E-state index contributed by atoms with van der Waals surface area (Å²) in [5.74, 6) is 1.15. The number of nitrogens with one attached hydrogen (secondary N) is 2. The topological polar surface area (TPSA) is 50.4 Å². The predicted molar refractivity (Wildman–Crippen MR) is 92.3 cm³/mol. The molecule has 1 aromatic carbocycles. The zero-order valence-electron chi connectivity index (χ0n) is 14.0. The molecule has 126 valence electrons. The van der Waals surface area contributed by atoms with E-state index in [-0.39, 0.29) is 11.8 Å². The maximum Gasteiger partial charge on any atom is 0.227 e. The number of rotatable bonds is 8. The third kappa shape index (κ3) is 4.79. The Balaban J connectivity index is 1.53. The monoisotopic (exact) mass is 316 g/mol. The Hall–Kier alpha value is -1.39. The molecule has 2 fully saturated rings. The van der Waals surface area contributed by atoms with Gasteiger partial charge in [0.25, 0.3) is 0 Å². The molecular formula is C19H28N2O2. The van der Waals surface area contributed by atoms with Crippen LogP contribution in [0, 0.1) is 11.8 Å². The van der Waals surface area contributed by atoms with E-state index in [1.54, 1.807) is 7.11 Å². The third-order valence-corrected chi connectivity index (χ3v) is 5.03. The summed E-state index contributed by atoms with van der Waals surface area (Å²) in [4.78, 5) is 12.2. The second kappa shape index (κ2) is 7.93. The van der Waals surface area contributed by atoms with Gasteiger partial charge in [-0.25, -0.2) is 0 Å². The number of methoxy groups -OCH3 is 1. The van der Waals surface area contributed by atoms with Crippen LogP contribution in [0.5, 0.6) is 0 Å². The Morgan fingerprint density at radius 2 is 2.04 bits per heavy atom. The van der Waals surface area contributed by atoms with E-state index in [4.69, 9.17) is 4.74 Å². The van der Waals surface area contributed by atoms with Gasteiger partial charge in [-0.1, -0.05) is 25.0 Å². The van der Waals surface area contributed by atoms with Crippen LogP contribution >= 0.6 is 0 Å². The van der Waals surface area contributed by atoms with E-state index in [1.807, 2.05) is 12.1 Å². The van der Waals surface area contributed by atoms with Crippen molar-refractivity contribution >= 4 is 11.6 Å². The van der Waals surface area contributed by atoms with Gasteiger partial charge in [0.2, 0.25) is 5.91 Å². The van der Waals surface area contributed by atoms with E-state index in [2.05, 4.69) is 22.8 Å². The fourth-order valence-electron chi connectivity index (χ4n) is 3.48. The van der Waals surface area contributed by atoms with Crippen molar-refractivity contribution in [3.8, 4) is 0 Å². The maximum absolute atomic E-state index is 12.2. The van der Waals surface area contributed by atoms with Crippen molar-refractivity contribution < 1.29 is 9.53 Å². The van der Waals surface area contributed by atoms with Gasteiger partial charge >= 0.3 is 0 Å². The third-order valence-electron chi connectivity index (χ3n) is 5.03. The van der Waals surface area contributed by atoms with Gasteiger partial charge < -0.3 is 15.4 Å². The van der Waals surface area contributed by atoms with Gasteiger partial charge in [-0.05, 0) is 49.3 Å². The van der Waals surface area contributed by atoms with Crippen molar-refractivity contribution in [2.24, 2.45) is 11.8 Å². The van der Waals surface area contributed by atoms with Crippen LogP contribution in [0.2, 0.25) is 0 Å². The van der Waals surface area contributed by atoms with Gasteiger partial charge in [-0.3, -0.25) is 4.79 Å². The van der Waals surface area contributed by atoms with E-state index < -0.39 is 0 Å². The molecule has 1 amide bonds. The molecule has 0 bridgehead atoms. The summed E-state index contributed by atoms with van der Waals surface area (Å²) >= 11 is 0. The minimum atomic E-state index is 0.183. The number of amides is 1. The molecule has 2 N–H and O–H groups in total. The van der Waals surface area contributed by atoms with Crippen LogP contribution in [-0.2, 0) is 16.1 Å². The van der Waals surface area contributed by atoms with Gasteiger partial charge in [0.05, 0.1) is 6.61 Å². The number of carbonyl (C=O) groups is 1. The molecule has 23 heavy (non-hydrogen) atoms. The van der Waals surface area contributed by atoms with Crippen molar-refractivity contribution in [1.29, 1.82) is 0 Å². The molecule has 1 atom stereocenters. The van der Waals surface area contributed by atoms with Crippen LogP contribution in [0.4, 0.5) is 5.69 Å². The minimum absolute atomic E-state index is 0.183. The Morgan fingerprint density at radius 1 is 1.26 bits per heavy atom. The fourth-order valence-corrected chi connectivity index (χ4v) is 3.48. The molecule has 0 aliphatic heterocycles. The first-order valence-corrected chi connectivity index (χ1v) is 8.88. The molecule has 1 unspecified atom stereocenters. The largest absolute Gasteiger partial charge is 0.383 e. The second-order valence-electron chi connectivity index (χ2n) is 6.95. The van der Waals surface area contributed by atoms with Crippen molar-refractivity contribution in [3.63, 3.8) is 0 Å². The number of benzene rings is 1. The molecule has 2 saturated carbocycles. The first-order valence-electron chi connectivity index (χ1n) is 8.88. The summed E-state index contributed by atoms with van der Waals surface area (Å²) in [7, 11) is 1.76. The van der Waals surface area contributed by atoms with Gasteiger partial charge in [-0.15, -0.1) is 0 Å².